The molecule has 1 aromatic rings. The highest BCUT2D eigenvalue weighted by molar-refractivity contribution is 5.95. The number of amides is 1. The van der Waals surface area contributed by atoms with Crippen molar-refractivity contribution >= 4 is 5.91 Å². The minimum atomic E-state index is -0.322. The lowest BCUT2D eigenvalue weighted by Gasteiger charge is -2.13. The lowest BCUT2D eigenvalue weighted by molar-refractivity contribution is 0.0954. The molecule has 0 fully saturated rings. The fourth-order valence-electron chi connectivity index (χ4n) is 1.58. The van der Waals surface area contributed by atoms with Crippen LogP contribution in [0.5, 0.6) is 17.2 Å². The van der Waals surface area contributed by atoms with Gasteiger partial charge in [-0.1, -0.05) is 5.11 Å². The molecule has 1 amide bonds. The van der Waals surface area contributed by atoms with Crippen LogP contribution in [0.2, 0.25) is 0 Å². The molecule has 108 valence electrons. The molecule has 0 aliphatic heterocycles. The Bertz CT molecular complexity index is 501. The van der Waals surface area contributed by atoms with Gasteiger partial charge in [-0.15, -0.1) is 0 Å². The first-order valence-corrected chi connectivity index (χ1v) is 5.77. The number of hydrogen-bond acceptors (Lipinski definition) is 5. The average molecular weight is 280 g/mol. The van der Waals surface area contributed by atoms with Gasteiger partial charge in [-0.25, -0.2) is 0 Å². The highest BCUT2D eigenvalue weighted by Gasteiger charge is 2.16. The summed E-state index contributed by atoms with van der Waals surface area (Å²) in [5.41, 5.74) is 8.50. The minimum Gasteiger partial charge on any atom is -0.493 e. The summed E-state index contributed by atoms with van der Waals surface area (Å²) in [5, 5.41) is 5.95. The van der Waals surface area contributed by atoms with Crippen molar-refractivity contribution in [3.63, 3.8) is 0 Å². The molecule has 0 unspecified atom stereocenters. The molecule has 1 aromatic carbocycles. The monoisotopic (exact) mass is 280 g/mol. The van der Waals surface area contributed by atoms with E-state index in [1.807, 2.05) is 0 Å². The third-order valence-electron chi connectivity index (χ3n) is 2.49. The maximum atomic E-state index is 11.9. The van der Waals surface area contributed by atoms with Gasteiger partial charge >= 0.3 is 0 Å². The van der Waals surface area contributed by atoms with Crippen LogP contribution in [-0.2, 0) is 0 Å². The zero-order valence-electron chi connectivity index (χ0n) is 11.5. The van der Waals surface area contributed by atoms with E-state index in [2.05, 4.69) is 15.3 Å². The van der Waals surface area contributed by atoms with Gasteiger partial charge in [-0.2, -0.15) is 0 Å². The first kappa shape index (κ1) is 15.5. The van der Waals surface area contributed by atoms with Crippen molar-refractivity contribution in [2.45, 2.75) is 0 Å². The van der Waals surface area contributed by atoms with E-state index in [1.54, 1.807) is 12.1 Å². The fraction of sp³-hybridized carbons (Fsp3) is 0.417. The SMILES string of the molecule is COc1cc(C(=O)NCCN=[N+]=[N-])cc(OC)c1OC. The number of nitrogens with zero attached hydrogens (tertiary/aromatic N) is 3. The van der Waals surface area contributed by atoms with Gasteiger partial charge < -0.3 is 19.5 Å². The first-order chi connectivity index (χ1) is 9.67. The number of nitrogens with one attached hydrogen (secondary N) is 1. The maximum absolute atomic E-state index is 11.9. The third kappa shape index (κ3) is 3.69. The smallest absolute Gasteiger partial charge is 0.251 e. The molecule has 0 radical (unpaired) electrons. The molecule has 0 bridgehead atoms. The molecule has 0 atom stereocenters. The van der Waals surface area contributed by atoms with E-state index in [-0.39, 0.29) is 19.0 Å². The Balaban J connectivity index is 2.94. The Labute approximate surface area is 116 Å². The predicted molar refractivity (Wildman–Crippen MR) is 72.4 cm³/mol. The molecular formula is C12H16N4O4. The number of ether oxygens (including phenoxy) is 3. The summed E-state index contributed by atoms with van der Waals surface area (Å²) in [7, 11) is 4.43. The summed E-state index contributed by atoms with van der Waals surface area (Å²) in [6.45, 7) is 0.437. The number of hydrogen-bond donors (Lipinski definition) is 1. The zero-order chi connectivity index (χ0) is 15.0. The van der Waals surface area contributed by atoms with Gasteiger partial charge in [0.25, 0.3) is 5.91 Å². The zero-order valence-corrected chi connectivity index (χ0v) is 11.5. The second-order valence-electron chi connectivity index (χ2n) is 3.62. The molecule has 0 aliphatic rings. The molecule has 0 saturated carbocycles. The Morgan fingerprint density at radius 3 is 2.30 bits per heavy atom. The average Bonchev–Trinajstić information content (AvgIpc) is 2.49. The summed E-state index contributed by atoms with van der Waals surface area (Å²) in [6, 6.07) is 3.09. The molecule has 0 heterocycles. The largest absolute Gasteiger partial charge is 0.493 e. The lowest BCUT2D eigenvalue weighted by atomic mass is 10.1. The summed E-state index contributed by atoms with van der Waals surface area (Å²) < 4.78 is 15.5. The second-order valence-corrected chi connectivity index (χ2v) is 3.62. The van der Waals surface area contributed by atoms with Crippen molar-refractivity contribution in [2.75, 3.05) is 34.4 Å². The topological polar surface area (TPSA) is 106 Å². The van der Waals surface area contributed by atoms with Crippen molar-refractivity contribution in [2.24, 2.45) is 5.11 Å². The van der Waals surface area contributed by atoms with Crippen LogP contribution in [0.4, 0.5) is 0 Å². The van der Waals surface area contributed by atoms with Crippen LogP contribution in [0.1, 0.15) is 10.4 Å². The van der Waals surface area contributed by atoms with Crippen LogP contribution in [-0.4, -0.2) is 40.3 Å². The van der Waals surface area contributed by atoms with Crippen molar-refractivity contribution in [1.29, 1.82) is 0 Å². The third-order valence-corrected chi connectivity index (χ3v) is 2.49. The number of carbonyl (C=O) groups excluding carboxylic acids is 1. The van der Waals surface area contributed by atoms with Crippen LogP contribution >= 0.6 is 0 Å². The van der Waals surface area contributed by atoms with Gasteiger partial charge in [-0.05, 0) is 17.7 Å². The molecule has 1 rings (SSSR count). The highest BCUT2D eigenvalue weighted by Crippen LogP contribution is 2.38. The Morgan fingerprint density at radius 1 is 1.25 bits per heavy atom. The van der Waals surface area contributed by atoms with Gasteiger partial charge in [0, 0.05) is 23.6 Å². The number of benzene rings is 1. The summed E-state index contributed by atoms with van der Waals surface area (Å²) in [6.07, 6.45) is 0. The van der Waals surface area contributed by atoms with E-state index < -0.39 is 0 Å². The van der Waals surface area contributed by atoms with Gasteiger partial charge in [0.05, 0.1) is 21.3 Å². The summed E-state index contributed by atoms with van der Waals surface area (Å²) in [4.78, 5) is 14.5. The van der Waals surface area contributed by atoms with Crippen molar-refractivity contribution in [3.05, 3.63) is 28.1 Å². The number of carbonyl (C=O) groups is 1. The van der Waals surface area contributed by atoms with E-state index >= 15 is 0 Å². The Morgan fingerprint density at radius 2 is 1.85 bits per heavy atom. The molecule has 0 spiro atoms. The van der Waals surface area contributed by atoms with Crippen LogP contribution in [0.3, 0.4) is 0 Å². The second kappa shape index (κ2) is 7.75. The normalized spacial score (nSPS) is 9.35. The quantitative estimate of drug-likeness (QED) is 0.355. The number of azide groups is 1. The highest BCUT2D eigenvalue weighted by atomic mass is 16.5. The fourth-order valence-corrected chi connectivity index (χ4v) is 1.58. The number of rotatable bonds is 7. The molecule has 0 aliphatic carbocycles. The van der Waals surface area contributed by atoms with E-state index in [1.165, 1.54) is 21.3 Å². The van der Waals surface area contributed by atoms with Crippen LogP contribution in [0.15, 0.2) is 17.2 Å². The molecule has 1 N–H and O–H groups in total. The van der Waals surface area contributed by atoms with Crippen molar-refractivity contribution in [1.82, 2.24) is 5.32 Å². The molecule has 0 aromatic heterocycles. The molecule has 20 heavy (non-hydrogen) atoms. The minimum absolute atomic E-state index is 0.187. The van der Waals surface area contributed by atoms with E-state index in [9.17, 15) is 4.79 Å². The maximum Gasteiger partial charge on any atom is 0.251 e. The molecular weight excluding hydrogens is 264 g/mol. The van der Waals surface area contributed by atoms with E-state index in [4.69, 9.17) is 19.7 Å². The van der Waals surface area contributed by atoms with Crippen molar-refractivity contribution < 1.29 is 19.0 Å². The van der Waals surface area contributed by atoms with Gasteiger partial charge in [-0.3, -0.25) is 4.79 Å². The molecule has 0 saturated heterocycles. The van der Waals surface area contributed by atoms with Crippen molar-refractivity contribution in [3.8, 4) is 17.2 Å². The first-order valence-electron chi connectivity index (χ1n) is 5.77. The summed E-state index contributed by atoms with van der Waals surface area (Å²) in [5.74, 6) is 0.886. The van der Waals surface area contributed by atoms with Gasteiger partial charge in [0.2, 0.25) is 5.75 Å². The Kier molecular flexibility index (Phi) is 5.99. The lowest BCUT2D eigenvalue weighted by Crippen LogP contribution is -2.26. The van der Waals surface area contributed by atoms with Crippen LogP contribution < -0.4 is 19.5 Å². The van der Waals surface area contributed by atoms with E-state index in [0.29, 0.717) is 22.8 Å². The van der Waals surface area contributed by atoms with Gasteiger partial charge in [0.15, 0.2) is 11.5 Å². The van der Waals surface area contributed by atoms with E-state index in [0.717, 1.165) is 0 Å². The van der Waals surface area contributed by atoms with Crippen LogP contribution in [0.25, 0.3) is 10.4 Å². The standard InChI is InChI=1S/C12H16N4O4/c1-18-9-6-8(7-10(19-2)11(9)20-3)12(17)14-4-5-15-16-13/h6-7H,4-5H2,1-3H3,(H,14,17). The summed E-state index contributed by atoms with van der Waals surface area (Å²) >= 11 is 0. The van der Waals surface area contributed by atoms with Gasteiger partial charge in [0.1, 0.15) is 0 Å². The predicted octanol–water partition coefficient (Wildman–Crippen LogP) is 1.75. The van der Waals surface area contributed by atoms with Crippen LogP contribution in [0, 0.1) is 0 Å². The Hall–Kier alpha value is -2.60. The molecule has 8 heteroatoms. The number of methoxy groups -OCH3 is 3. The molecule has 8 nitrogen and oxygen atoms in total.